The summed E-state index contributed by atoms with van der Waals surface area (Å²) in [5.41, 5.74) is 2.02. The zero-order valence-electron chi connectivity index (χ0n) is 19.0. The lowest BCUT2D eigenvalue weighted by Gasteiger charge is -2.19. The van der Waals surface area contributed by atoms with E-state index in [0.717, 1.165) is 51.6 Å². The summed E-state index contributed by atoms with van der Waals surface area (Å²) in [4.78, 5) is 20.6. The molecule has 0 saturated carbocycles. The predicted molar refractivity (Wildman–Crippen MR) is 125 cm³/mol. The first-order chi connectivity index (χ1) is 15.3. The normalized spacial score (nSPS) is 20.0. The zero-order valence-corrected chi connectivity index (χ0v) is 20.6. The van der Waals surface area contributed by atoms with Gasteiger partial charge in [0, 0.05) is 39.0 Å². The first-order valence-electron chi connectivity index (χ1n) is 11.3. The summed E-state index contributed by atoms with van der Waals surface area (Å²) in [6.07, 6.45) is 6.16. The van der Waals surface area contributed by atoms with Gasteiger partial charge in [-0.1, -0.05) is 12.8 Å². The molecular formula is C22H32N4O4S2. The number of ether oxygens (including phenoxy) is 1. The Balaban J connectivity index is 1.58. The first-order valence-corrected chi connectivity index (χ1v) is 13.6. The Bertz CT molecular complexity index is 1080. The predicted octanol–water partition coefficient (Wildman–Crippen LogP) is 3.24. The third-order valence-corrected chi connectivity index (χ3v) is 9.11. The van der Waals surface area contributed by atoms with Crippen molar-refractivity contribution in [2.75, 3.05) is 26.2 Å². The minimum absolute atomic E-state index is 0.0326. The Morgan fingerprint density at radius 3 is 2.59 bits per heavy atom. The van der Waals surface area contributed by atoms with E-state index in [0.29, 0.717) is 33.6 Å². The number of carbonyl (C=O) groups excluding carboxylic acids is 1. The highest BCUT2D eigenvalue weighted by atomic mass is 32.2. The molecule has 1 N–H and O–H groups in total. The second-order valence-corrected chi connectivity index (χ2v) is 11.4. The van der Waals surface area contributed by atoms with Crippen LogP contribution in [0.3, 0.4) is 0 Å². The molecular weight excluding hydrogens is 448 g/mol. The van der Waals surface area contributed by atoms with Crippen LogP contribution >= 0.6 is 11.3 Å². The van der Waals surface area contributed by atoms with Gasteiger partial charge in [-0.2, -0.15) is 0 Å². The van der Waals surface area contributed by atoms with Gasteiger partial charge in [-0.05, 0) is 45.6 Å². The maximum atomic E-state index is 13.1. The fourth-order valence-electron chi connectivity index (χ4n) is 4.36. The van der Waals surface area contributed by atoms with Crippen molar-refractivity contribution >= 4 is 27.3 Å². The molecule has 0 bridgehead atoms. The number of nitrogens with zero attached hydrogens (tertiary/aromatic N) is 3. The van der Waals surface area contributed by atoms with Crippen molar-refractivity contribution in [2.45, 2.75) is 63.4 Å². The summed E-state index contributed by atoms with van der Waals surface area (Å²) in [6, 6.07) is 1.66. The van der Waals surface area contributed by atoms with Gasteiger partial charge in [0.2, 0.25) is 10.0 Å². The van der Waals surface area contributed by atoms with Gasteiger partial charge >= 0.3 is 0 Å². The molecule has 2 saturated heterocycles. The topological polar surface area (TPSA) is 93.5 Å². The number of amides is 1. The molecule has 4 rings (SSSR count). The van der Waals surface area contributed by atoms with Crippen LogP contribution < -0.4 is 4.72 Å². The van der Waals surface area contributed by atoms with Crippen molar-refractivity contribution in [1.82, 2.24) is 19.2 Å². The monoisotopic (exact) mass is 480 g/mol. The van der Waals surface area contributed by atoms with E-state index in [4.69, 9.17) is 4.74 Å². The molecule has 2 aromatic heterocycles. The molecule has 2 fully saturated rings. The van der Waals surface area contributed by atoms with Crippen LogP contribution in [0.1, 0.15) is 59.6 Å². The fraction of sp³-hybridized carbons (Fsp3) is 0.636. The van der Waals surface area contributed by atoms with Crippen molar-refractivity contribution in [3.05, 3.63) is 22.3 Å². The quantitative estimate of drug-likeness (QED) is 0.685. The SMILES string of the molecule is Cc1nc(-c2cc(S(=O)(=O)NC[C@H]3CCCO3)c(C)n2C)sc1C(=O)N1CCCCCC1. The average molecular weight is 481 g/mol. The van der Waals surface area contributed by atoms with Gasteiger partial charge in [-0.3, -0.25) is 4.79 Å². The lowest BCUT2D eigenvalue weighted by Crippen LogP contribution is -2.32. The molecule has 0 aliphatic carbocycles. The van der Waals surface area contributed by atoms with Crippen molar-refractivity contribution < 1.29 is 17.9 Å². The number of likely N-dealkylation sites (tertiary alicyclic amines) is 1. The third-order valence-electron chi connectivity index (χ3n) is 6.41. The smallest absolute Gasteiger partial charge is 0.265 e. The standard InChI is InChI=1S/C22H32N4O4S2/c1-15-20(22(27)26-10-6-4-5-7-11-26)31-21(24-15)18-13-19(16(2)25(18)3)32(28,29)23-14-17-9-8-12-30-17/h13,17,23H,4-12,14H2,1-3H3/t17-/m1/s1. The van der Waals surface area contributed by atoms with Crippen LogP contribution in [0.15, 0.2) is 11.0 Å². The van der Waals surface area contributed by atoms with Gasteiger partial charge in [0.25, 0.3) is 5.91 Å². The zero-order chi connectivity index (χ0) is 22.9. The van der Waals surface area contributed by atoms with Crippen molar-refractivity contribution in [3.8, 4) is 10.7 Å². The van der Waals surface area contributed by atoms with Crippen LogP contribution in [-0.2, 0) is 21.8 Å². The number of thiazole rings is 1. The summed E-state index contributed by atoms with van der Waals surface area (Å²) in [5, 5.41) is 0.659. The maximum Gasteiger partial charge on any atom is 0.265 e. The largest absolute Gasteiger partial charge is 0.377 e. The number of rotatable bonds is 6. The molecule has 8 nitrogen and oxygen atoms in total. The van der Waals surface area contributed by atoms with Crippen LogP contribution in [0.25, 0.3) is 10.7 Å². The number of sulfonamides is 1. The summed E-state index contributed by atoms with van der Waals surface area (Å²) in [7, 11) is -1.85. The van der Waals surface area contributed by atoms with E-state index in [1.165, 1.54) is 11.3 Å². The molecule has 0 aromatic carbocycles. The van der Waals surface area contributed by atoms with Gasteiger partial charge in [0.15, 0.2) is 0 Å². The van der Waals surface area contributed by atoms with E-state index in [-0.39, 0.29) is 23.5 Å². The summed E-state index contributed by atoms with van der Waals surface area (Å²) < 4.78 is 36.0. The highest BCUT2D eigenvalue weighted by molar-refractivity contribution is 7.89. The Morgan fingerprint density at radius 1 is 1.22 bits per heavy atom. The minimum atomic E-state index is -3.68. The van der Waals surface area contributed by atoms with E-state index in [1.54, 1.807) is 13.0 Å². The van der Waals surface area contributed by atoms with E-state index in [1.807, 2.05) is 23.4 Å². The number of carbonyl (C=O) groups is 1. The molecule has 2 aromatic rings. The molecule has 2 aliphatic heterocycles. The number of hydrogen-bond acceptors (Lipinski definition) is 6. The van der Waals surface area contributed by atoms with Gasteiger partial charge in [0.1, 0.15) is 14.8 Å². The Hall–Kier alpha value is -1.75. The van der Waals surface area contributed by atoms with Gasteiger partial charge in [-0.25, -0.2) is 18.1 Å². The lowest BCUT2D eigenvalue weighted by molar-refractivity contribution is 0.0765. The summed E-state index contributed by atoms with van der Waals surface area (Å²) in [6.45, 7) is 6.16. The minimum Gasteiger partial charge on any atom is -0.377 e. The average Bonchev–Trinajstić information content (AvgIpc) is 3.42. The molecule has 0 radical (unpaired) electrons. The lowest BCUT2D eigenvalue weighted by atomic mass is 10.2. The Kier molecular flexibility index (Phi) is 7.04. The molecule has 32 heavy (non-hydrogen) atoms. The van der Waals surface area contributed by atoms with Crippen LogP contribution in [0.4, 0.5) is 0 Å². The van der Waals surface area contributed by atoms with E-state index >= 15 is 0 Å². The van der Waals surface area contributed by atoms with E-state index in [9.17, 15) is 13.2 Å². The number of aromatic nitrogens is 2. The number of aryl methyl sites for hydroxylation is 1. The Morgan fingerprint density at radius 2 is 1.94 bits per heavy atom. The highest BCUT2D eigenvalue weighted by Gasteiger charge is 2.27. The molecule has 0 unspecified atom stereocenters. The molecule has 1 amide bonds. The van der Waals surface area contributed by atoms with E-state index in [2.05, 4.69) is 9.71 Å². The Labute approximate surface area is 194 Å². The van der Waals surface area contributed by atoms with Crippen LogP contribution in [0.2, 0.25) is 0 Å². The summed E-state index contributed by atoms with van der Waals surface area (Å²) in [5.74, 6) is 0.0326. The molecule has 2 aliphatic rings. The number of nitrogens with one attached hydrogen (secondary N) is 1. The van der Waals surface area contributed by atoms with Gasteiger partial charge in [-0.15, -0.1) is 11.3 Å². The van der Waals surface area contributed by atoms with Gasteiger partial charge < -0.3 is 14.2 Å². The molecule has 10 heteroatoms. The molecule has 1 atom stereocenters. The van der Waals surface area contributed by atoms with Gasteiger partial charge in [0.05, 0.1) is 17.5 Å². The van der Waals surface area contributed by atoms with Crippen LogP contribution in [-0.4, -0.2) is 61.1 Å². The molecule has 4 heterocycles. The maximum absolute atomic E-state index is 13.1. The highest BCUT2D eigenvalue weighted by Crippen LogP contribution is 2.33. The van der Waals surface area contributed by atoms with Crippen molar-refractivity contribution in [3.63, 3.8) is 0 Å². The van der Waals surface area contributed by atoms with Crippen LogP contribution in [0, 0.1) is 13.8 Å². The second kappa shape index (κ2) is 9.62. The molecule has 176 valence electrons. The third kappa shape index (κ3) is 4.78. The van der Waals surface area contributed by atoms with Crippen LogP contribution in [0.5, 0.6) is 0 Å². The summed E-state index contributed by atoms with van der Waals surface area (Å²) >= 11 is 1.34. The molecule has 0 spiro atoms. The number of hydrogen-bond donors (Lipinski definition) is 1. The van der Waals surface area contributed by atoms with Crippen molar-refractivity contribution in [1.29, 1.82) is 0 Å². The van der Waals surface area contributed by atoms with Crippen molar-refractivity contribution in [2.24, 2.45) is 7.05 Å². The fourth-order valence-corrected chi connectivity index (χ4v) is 6.80. The second-order valence-electron chi connectivity index (χ2n) is 8.67. The first kappa shape index (κ1) is 23.4. The van der Waals surface area contributed by atoms with E-state index < -0.39 is 10.0 Å².